The standard InChI is InChI=1S/C30H56O4/c1-3-5-7-9-11-13-15-17-19-25(31)27-21-23-29(33-27)30-24-22-28(34-30)26(32)20-18-16-14-12-10-8-6-4-2/h3,25-32H,1,4-24H2,2H3/t25-,26-,27-,28-,29-,30-/m1/s1. The van der Waals surface area contributed by atoms with Crippen LogP contribution in [0.3, 0.4) is 0 Å². The third-order valence-corrected chi connectivity index (χ3v) is 7.96. The zero-order valence-corrected chi connectivity index (χ0v) is 22.3. The average Bonchev–Trinajstić information content (AvgIpc) is 3.52. The van der Waals surface area contributed by atoms with E-state index in [-0.39, 0.29) is 36.6 Å². The van der Waals surface area contributed by atoms with Gasteiger partial charge < -0.3 is 19.7 Å². The Morgan fingerprint density at radius 3 is 1.50 bits per heavy atom. The number of hydrogen-bond donors (Lipinski definition) is 2. The molecule has 2 saturated heterocycles. The largest absolute Gasteiger partial charge is 0.390 e. The van der Waals surface area contributed by atoms with Gasteiger partial charge in [0.05, 0.1) is 36.6 Å². The van der Waals surface area contributed by atoms with Gasteiger partial charge >= 0.3 is 0 Å². The van der Waals surface area contributed by atoms with Crippen molar-refractivity contribution in [3.63, 3.8) is 0 Å². The van der Waals surface area contributed by atoms with Gasteiger partial charge in [0.1, 0.15) is 0 Å². The van der Waals surface area contributed by atoms with Crippen LogP contribution in [0.4, 0.5) is 0 Å². The van der Waals surface area contributed by atoms with E-state index in [1.165, 1.54) is 77.0 Å². The third kappa shape index (κ3) is 12.0. The van der Waals surface area contributed by atoms with Gasteiger partial charge in [0.2, 0.25) is 0 Å². The number of hydrogen-bond acceptors (Lipinski definition) is 4. The summed E-state index contributed by atoms with van der Waals surface area (Å²) in [6.45, 7) is 6.03. The molecular weight excluding hydrogens is 424 g/mol. The summed E-state index contributed by atoms with van der Waals surface area (Å²) in [6.07, 6.45) is 25.8. The number of rotatable bonds is 21. The first-order valence-corrected chi connectivity index (χ1v) is 14.9. The van der Waals surface area contributed by atoms with Crippen molar-refractivity contribution >= 4 is 0 Å². The normalized spacial score (nSPS) is 26.7. The van der Waals surface area contributed by atoms with E-state index in [0.29, 0.717) is 0 Å². The summed E-state index contributed by atoms with van der Waals surface area (Å²) in [5.41, 5.74) is 0. The Hall–Kier alpha value is -0.420. The van der Waals surface area contributed by atoms with Gasteiger partial charge in [0.15, 0.2) is 0 Å². The molecule has 0 aliphatic carbocycles. The van der Waals surface area contributed by atoms with E-state index in [9.17, 15) is 10.2 Å². The monoisotopic (exact) mass is 480 g/mol. The van der Waals surface area contributed by atoms with E-state index in [0.717, 1.165) is 57.8 Å². The molecule has 0 bridgehead atoms. The molecule has 0 unspecified atom stereocenters. The van der Waals surface area contributed by atoms with Crippen molar-refractivity contribution < 1.29 is 19.7 Å². The lowest BCUT2D eigenvalue weighted by Gasteiger charge is -2.24. The van der Waals surface area contributed by atoms with E-state index in [1.807, 2.05) is 6.08 Å². The van der Waals surface area contributed by atoms with Gasteiger partial charge in [-0.15, -0.1) is 6.58 Å². The maximum atomic E-state index is 10.6. The highest BCUT2D eigenvalue weighted by Gasteiger charge is 2.40. The zero-order valence-electron chi connectivity index (χ0n) is 22.3. The zero-order chi connectivity index (χ0) is 24.4. The summed E-state index contributed by atoms with van der Waals surface area (Å²) in [7, 11) is 0. The van der Waals surface area contributed by atoms with Crippen molar-refractivity contribution in [2.45, 2.75) is 178 Å². The molecule has 0 amide bonds. The average molecular weight is 481 g/mol. The lowest BCUT2D eigenvalue weighted by atomic mass is 10.0. The van der Waals surface area contributed by atoms with E-state index in [2.05, 4.69) is 13.5 Å². The first-order chi connectivity index (χ1) is 16.7. The Labute approximate surface area is 210 Å². The molecule has 4 nitrogen and oxygen atoms in total. The van der Waals surface area contributed by atoms with Crippen LogP contribution in [0.25, 0.3) is 0 Å². The maximum Gasteiger partial charge on any atom is 0.0842 e. The van der Waals surface area contributed by atoms with Crippen LogP contribution in [0.5, 0.6) is 0 Å². The van der Waals surface area contributed by atoms with E-state index in [1.54, 1.807) is 0 Å². The lowest BCUT2D eigenvalue weighted by Crippen LogP contribution is -2.33. The Morgan fingerprint density at radius 2 is 1.06 bits per heavy atom. The smallest absolute Gasteiger partial charge is 0.0842 e. The molecule has 6 atom stereocenters. The molecule has 0 spiro atoms. The number of unbranched alkanes of at least 4 members (excludes halogenated alkanes) is 13. The minimum Gasteiger partial charge on any atom is -0.390 e. The highest BCUT2D eigenvalue weighted by Crippen LogP contribution is 2.34. The Balaban J connectivity index is 1.51. The van der Waals surface area contributed by atoms with Crippen LogP contribution in [0.1, 0.15) is 142 Å². The van der Waals surface area contributed by atoms with Gasteiger partial charge in [0.25, 0.3) is 0 Å². The maximum absolute atomic E-state index is 10.6. The highest BCUT2D eigenvalue weighted by molar-refractivity contribution is 4.89. The van der Waals surface area contributed by atoms with Crippen LogP contribution < -0.4 is 0 Å². The first-order valence-electron chi connectivity index (χ1n) is 14.9. The fourth-order valence-electron chi connectivity index (χ4n) is 5.70. The Bertz CT molecular complexity index is 496. The molecule has 0 aromatic rings. The summed E-state index contributed by atoms with van der Waals surface area (Å²) in [5.74, 6) is 0. The second-order valence-electron chi connectivity index (χ2n) is 11.0. The molecule has 2 fully saturated rings. The molecular formula is C30H56O4. The van der Waals surface area contributed by atoms with Crippen LogP contribution in [-0.4, -0.2) is 46.8 Å². The fraction of sp³-hybridized carbons (Fsp3) is 0.933. The SMILES string of the molecule is C=CCCCCCCCC[C@@H](O)[C@H]1CC[C@H]([C@H]2CC[C@H]([C@H](O)CCCCCCCCCC)O2)O1. The minimum absolute atomic E-state index is 0.0337. The molecule has 2 heterocycles. The molecule has 0 aromatic carbocycles. The fourth-order valence-corrected chi connectivity index (χ4v) is 5.70. The predicted octanol–water partition coefficient (Wildman–Crippen LogP) is 7.64. The second kappa shape index (κ2) is 18.8. The van der Waals surface area contributed by atoms with Crippen LogP contribution in [0.2, 0.25) is 0 Å². The number of aliphatic hydroxyl groups excluding tert-OH is 2. The van der Waals surface area contributed by atoms with Crippen molar-refractivity contribution in [2.75, 3.05) is 0 Å². The topological polar surface area (TPSA) is 58.9 Å². The van der Waals surface area contributed by atoms with Crippen LogP contribution in [-0.2, 0) is 9.47 Å². The van der Waals surface area contributed by atoms with Crippen molar-refractivity contribution in [2.24, 2.45) is 0 Å². The van der Waals surface area contributed by atoms with Gasteiger partial charge in [-0.1, -0.05) is 96.5 Å². The predicted molar refractivity (Wildman–Crippen MR) is 142 cm³/mol. The van der Waals surface area contributed by atoms with Crippen molar-refractivity contribution in [1.82, 2.24) is 0 Å². The van der Waals surface area contributed by atoms with Gasteiger partial charge in [0, 0.05) is 0 Å². The first kappa shape index (κ1) is 29.8. The van der Waals surface area contributed by atoms with E-state index < -0.39 is 0 Å². The van der Waals surface area contributed by atoms with Crippen LogP contribution >= 0.6 is 0 Å². The molecule has 2 rings (SSSR count). The van der Waals surface area contributed by atoms with E-state index in [4.69, 9.17) is 9.47 Å². The van der Waals surface area contributed by atoms with Gasteiger partial charge in [-0.05, 0) is 51.4 Å². The minimum atomic E-state index is -0.351. The van der Waals surface area contributed by atoms with Gasteiger partial charge in [-0.25, -0.2) is 0 Å². The molecule has 0 radical (unpaired) electrons. The molecule has 34 heavy (non-hydrogen) atoms. The third-order valence-electron chi connectivity index (χ3n) is 7.96. The Morgan fingerprint density at radius 1 is 0.647 bits per heavy atom. The molecule has 0 saturated carbocycles. The number of allylic oxidation sites excluding steroid dienone is 1. The van der Waals surface area contributed by atoms with Crippen molar-refractivity contribution in [3.8, 4) is 0 Å². The van der Waals surface area contributed by atoms with Gasteiger partial charge in [-0.2, -0.15) is 0 Å². The molecule has 2 aliphatic heterocycles. The van der Waals surface area contributed by atoms with Crippen LogP contribution in [0, 0.1) is 0 Å². The summed E-state index contributed by atoms with van der Waals surface area (Å²) in [5, 5.41) is 21.2. The summed E-state index contributed by atoms with van der Waals surface area (Å²) >= 11 is 0. The van der Waals surface area contributed by atoms with Crippen LogP contribution in [0.15, 0.2) is 12.7 Å². The molecule has 2 N–H and O–H groups in total. The number of aliphatic hydroxyl groups is 2. The summed E-state index contributed by atoms with van der Waals surface area (Å²) in [4.78, 5) is 0. The molecule has 4 heteroatoms. The molecule has 2 aliphatic rings. The lowest BCUT2D eigenvalue weighted by molar-refractivity contribution is -0.110. The molecule has 200 valence electrons. The Kier molecular flexibility index (Phi) is 16.5. The highest BCUT2D eigenvalue weighted by atomic mass is 16.6. The van der Waals surface area contributed by atoms with Crippen molar-refractivity contribution in [3.05, 3.63) is 12.7 Å². The van der Waals surface area contributed by atoms with E-state index >= 15 is 0 Å². The second-order valence-corrected chi connectivity index (χ2v) is 11.0. The van der Waals surface area contributed by atoms with Gasteiger partial charge in [-0.3, -0.25) is 0 Å². The summed E-state index contributed by atoms with van der Waals surface area (Å²) in [6, 6.07) is 0. The molecule has 0 aromatic heterocycles. The summed E-state index contributed by atoms with van der Waals surface area (Å²) < 4.78 is 12.5. The number of ether oxygens (including phenoxy) is 2. The van der Waals surface area contributed by atoms with Crippen molar-refractivity contribution in [1.29, 1.82) is 0 Å². The quantitative estimate of drug-likeness (QED) is 0.131.